The van der Waals surface area contributed by atoms with Crippen molar-refractivity contribution < 1.29 is 38.8 Å². The minimum absolute atomic E-state index is 0.0512. The molecule has 3 aliphatic heterocycles. The number of likely N-dealkylation sites (tertiary alicyclic amines) is 1. The first-order valence-corrected chi connectivity index (χ1v) is 18.3. The first-order valence-electron chi connectivity index (χ1n) is 18.3. The molecule has 282 valence electrons. The summed E-state index contributed by atoms with van der Waals surface area (Å²) in [5, 5.41) is 29.8. The summed E-state index contributed by atoms with van der Waals surface area (Å²) in [7, 11) is 1.59. The molecular weight excluding hydrogens is 690 g/mol. The second kappa shape index (κ2) is 16.6. The van der Waals surface area contributed by atoms with E-state index in [1.807, 2.05) is 71.6 Å². The van der Waals surface area contributed by atoms with Crippen LogP contribution in [0.15, 0.2) is 78.9 Å². The summed E-state index contributed by atoms with van der Waals surface area (Å²) in [4.78, 5) is 42.1. The van der Waals surface area contributed by atoms with E-state index in [1.54, 1.807) is 13.2 Å². The van der Waals surface area contributed by atoms with E-state index in [1.165, 1.54) is 6.07 Å². The molecule has 0 radical (unpaired) electrons. The predicted molar refractivity (Wildman–Crippen MR) is 204 cm³/mol. The fourth-order valence-electron chi connectivity index (χ4n) is 7.34. The monoisotopic (exact) mass is 735 g/mol. The summed E-state index contributed by atoms with van der Waals surface area (Å²) in [6.45, 7) is 3.07. The molecule has 3 amide bonds. The van der Waals surface area contributed by atoms with Gasteiger partial charge in [-0.2, -0.15) is 0 Å². The number of piperidine rings is 1. The maximum Gasteiger partial charge on any atom is 0.411 e. The first-order chi connectivity index (χ1) is 26.3. The van der Waals surface area contributed by atoms with Crippen molar-refractivity contribution in [3.05, 3.63) is 95.6 Å². The van der Waals surface area contributed by atoms with Crippen LogP contribution >= 0.6 is 0 Å². The zero-order valence-corrected chi connectivity index (χ0v) is 30.2. The number of aliphatic hydroxyl groups is 1. The van der Waals surface area contributed by atoms with E-state index in [0.717, 1.165) is 47.5 Å². The third-order valence-corrected chi connectivity index (χ3v) is 10.2. The van der Waals surface area contributed by atoms with Gasteiger partial charge in [-0.15, -0.1) is 0 Å². The van der Waals surface area contributed by atoms with E-state index in [4.69, 9.17) is 14.2 Å². The molecule has 13 heteroatoms. The molecule has 1 atom stereocenters. The van der Waals surface area contributed by atoms with Gasteiger partial charge in [-0.3, -0.25) is 14.9 Å². The highest BCUT2D eigenvalue weighted by Gasteiger charge is 2.29. The molecule has 5 N–H and O–H groups in total. The fraction of sp³-hybridized carbons (Fsp3) is 0.341. The summed E-state index contributed by atoms with van der Waals surface area (Å²) in [6.07, 6.45) is 0.872. The number of rotatable bonds is 12. The second-order valence-corrected chi connectivity index (χ2v) is 13.7. The van der Waals surface area contributed by atoms with Crippen LogP contribution in [0.1, 0.15) is 42.1 Å². The van der Waals surface area contributed by atoms with Gasteiger partial charge in [0.25, 0.3) is 5.91 Å². The number of carbonyl (C=O) groups excluding carboxylic acids is 3. The fourth-order valence-corrected chi connectivity index (χ4v) is 7.34. The van der Waals surface area contributed by atoms with Gasteiger partial charge < -0.3 is 44.9 Å². The normalized spacial score (nSPS) is 16.1. The Morgan fingerprint density at radius 1 is 1.02 bits per heavy atom. The zero-order valence-electron chi connectivity index (χ0n) is 30.2. The number of phenols is 1. The third-order valence-electron chi connectivity index (χ3n) is 10.2. The number of aliphatic hydroxyl groups excluding tert-OH is 1. The molecular formula is C41H45N5O8. The minimum Gasteiger partial charge on any atom is -0.506 e. The van der Waals surface area contributed by atoms with Gasteiger partial charge in [0.2, 0.25) is 5.91 Å². The van der Waals surface area contributed by atoms with Crippen LogP contribution in [0.25, 0.3) is 11.1 Å². The van der Waals surface area contributed by atoms with Gasteiger partial charge in [0.15, 0.2) is 12.4 Å². The van der Waals surface area contributed by atoms with Gasteiger partial charge in [-0.25, -0.2) is 4.79 Å². The van der Waals surface area contributed by atoms with Crippen molar-refractivity contribution >= 4 is 35.0 Å². The average Bonchev–Trinajstić information content (AvgIpc) is 3.61. The summed E-state index contributed by atoms with van der Waals surface area (Å²) < 4.78 is 17.0. The number of amides is 3. The Morgan fingerprint density at radius 3 is 2.59 bits per heavy atom. The molecule has 1 saturated heterocycles. The van der Waals surface area contributed by atoms with Crippen molar-refractivity contribution in [3.63, 3.8) is 0 Å². The number of hydrogen-bond acceptors (Lipinski definition) is 10. The number of anilines is 3. The van der Waals surface area contributed by atoms with Crippen LogP contribution < -0.4 is 30.3 Å². The van der Waals surface area contributed by atoms with Crippen molar-refractivity contribution in [2.75, 3.05) is 62.0 Å². The number of nitrogens with one attached hydrogen (secondary N) is 3. The van der Waals surface area contributed by atoms with E-state index in [9.17, 15) is 24.6 Å². The lowest BCUT2D eigenvalue weighted by molar-refractivity contribution is -0.119. The zero-order chi connectivity index (χ0) is 37.6. The second-order valence-electron chi connectivity index (χ2n) is 13.7. The Hall–Kier alpha value is -5.63. The lowest BCUT2D eigenvalue weighted by Gasteiger charge is -2.31. The van der Waals surface area contributed by atoms with Gasteiger partial charge in [-0.05, 0) is 54.7 Å². The quantitative estimate of drug-likeness (QED) is 0.122. The maximum atomic E-state index is 13.5. The van der Waals surface area contributed by atoms with Crippen LogP contribution in [0.5, 0.6) is 17.2 Å². The molecule has 4 aromatic carbocycles. The topological polar surface area (TPSA) is 162 Å². The van der Waals surface area contributed by atoms with E-state index >= 15 is 0 Å². The van der Waals surface area contributed by atoms with Crippen LogP contribution in [0.4, 0.5) is 21.9 Å². The molecule has 0 spiro atoms. The van der Waals surface area contributed by atoms with Crippen LogP contribution in [0, 0.1) is 0 Å². The maximum absolute atomic E-state index is 13.5. The highest BCUT2D eigenvalue weighted by Crippen LogP contribution is 2.41. The minimum atomic E-state index is -0.964. The number of aromatic hydroxyl groups is 1. The van der Waals surface area contributed by atoms with Crippen LogP contribution in [0.3, 0.4) is 0 Å². The number of methoxy groups -OCH3 is 1. The van der Waals surface area contributed by atoms with Gasteiger partial charge in [0.05, 0.1) is 24.6 Å². The highest BCUT2D eigenvalue weighted by molar-refractivity contribution is 5.98. The van der Waals surface area contributed by atoms with Crippen molar-refractivity contribution in [3.8, 4) is 28.4 Å². The van der Waals surface area contributed by atoms with Gasteiger partial charge >= 0.3 is 6.09 Å². The lowest BCUT2D eigenvalue weighted by atomic mass is 10.0. The molecule has 1 fully saturated rings. The van der Waals surface area contributed by atoms with Gasteiger partial charge in [0, 0.05) is 68.4 Å². The van der Waals surface area contributed by atoms with E-state index < -0.39 is 12.2 Å². The highest BCUT2D eigenvalue weighted by atomic mass is 16.6. The number of ether oxygens (including phenoxy) is 3. The van der Waals surface area contributed by atoms with Crippen LogP contribution in [-0.4, -0.2) is 85.6 Å². The largest absolute Gasteiger partial charge is 0.506 e. The molecule has 0 aromatic heterocycles. The Balaban J connectivity index is 0.872. The van der Waals surface area contributed by atoms with E-state index in [0.29, 0.717) is 55.9 Å². The van der Waals surface area contributed by atoms with Crippen LogP contribution in [-0.2, 0) is 27.3 Å². The standard InChI is InChI=1S/C41H45N5O8/c1-52-36-22-33-27(21-28(36)23-42-24-35(48)31-11-12-34(47)39-40(31)53-25-37(49)44-39)13-20-46(33)38(50)16-19-45-17-14-29(15-18-45)54-41(51)43-32-10-6-5-9-30(32)26-7-3-2-4-8-26/h2-12,21-22,29,35,42,47-48H,13-20,23-25H2,1H3,(H,43,51)(H,44,49)/t35-/m0/s1. The average molecular weight is 736 g/mol. The summed E-state index contributed by atoms with van der Waals surface area (Å²) in [5.74, 6) is 0.434. The molecule has 54 heavy (non-hydrogen) atoms. The molecule has 3 aliphatic rings. The van der Waals surface area contributed by atoms with Crippen LogP contribution in [0.2, 0.25) is 0 Å². The van der Waals surface area contributed by atoms with Crippen molar-refractivity contribution in [2.24, 2.45) is 0 Å². The van der Waals surface area contributed by atoms with E-state index in [-0.39, 0.29) is 48.3 Å². The number of hydrogen-bond donors (Lipinski definition) is 5. The molecule has 13 nitrogen and oxygen atoms in total. The number of phenolic OH excluding ortho intramolecular Hbond substituents is 1. The lowest BCUT2D eigenvalue weighted by Crippen LogP contribution is -2.40. The molecule has 3 heterocycles. The SMILES string of the molecule is COc1cc2c(cc1CNC[C@H](O)c1ccc(O)c3c1OCC(=O)N3)CCN2C(=O)CCN1CCC(OC(=O)Nc2ccccc2-c2ccccc2)CC1. The van der Waals surface area contributed by atoms with Crippen molar-refractivity contribution in [1.29, 1.82) is 0 Å². The number of fused-ring (bicyclic) bond motifs is 2. The summed E-state index contributed by atoms with van der Waals surface area (Å²) in [6, 6.07) is 24.5. The molecule has 0 unspecified atom stereocenters. The first kappa shape index (κ1) is 36.7. The van der Waals surface area contributed by atoms with Crippen molar-refractivity contribution in [2.45, 2.75) is 44.4 Å². The Morgan fingerprint density at radius 2 is 1.80 bits per heavy atom. The number of nitrogens with zero attached hydrogens (tertiary/aromatic N) is 2. The van der Waals surface area contributed by atoms with E-state index in [2.05, 4.69) is 20.9 Å². The summed E-state index contributed by atoms with van der Waals surface area (Å²) in [5.41, 5.74) is 6.05. The number of benzene rings is 4. The Kier molecular flexibility index (Phi) is 11.3. The van der Waals surface area contributed by atoms with Crippen molar-refractivity contribution in [1.82, 2.24) is 10.2 Å². The van der Waals surface area contributed by atoms with Gasteiger partial charge in [-0.1, -0.05) is 48.5 Å². The molecule has 0 saturated carbocycles. The van der Waals surface area contributed by atoms with Gasteiger partial charge in [0.1, 0.15) is 23.3 Å². The predicted octanol–water partition coefficient (Wildman–Crippen LogP) is 5.21. The summed E-state index contributed by atoms with van der Waals surface area (Å²) >= 11 is 0. The number of carbonyl (C=O) groups is 3. The Labute approximate surface area is 313 Å². The smallest absolute Gasteiger partial charge is 0.411 e. The molecule has 0 bridgehead atoms. The molecule has 0 aliphatic carbocycles. The molecule has 4 aromatic rings. The Bertz CT molecular complexity index is 2000. The molecule has 7 rings (SSSR count). The third kappa shape index (κ3) is 8.28. The number of para-hydroxylation sites is 1.